The lowest BCUT2D eigenvalue weighted by molar-refractivity contribution is 0.0846. The summed E-state index contributed by atoms with van der Waals surface area (Å²) in [5, 5.41) is 37.3. The quantitative estimate of drug-likeness (QED) is 0.113. The largest absolute Gasteiger partial charge is 0.507 e. The van der Waals surface area contributed by atoms with Crippen molar-refractivity contribution in [1.29, 1.82) is 5.26 Å². The smallest absolute Gasteiger partial charge is 0.160 e. The second-order valence-corrected chi connectivity index (χ2v) is 20.5. The van der Waals surface area contributed by atoms with Gasteiger partial charge in [0.15, 0.2) is 11.5 Å². The maximum absolute atomic E-state index is 10.3. The minimum Gasteiger partial charge on any atom is -0.507 e. The lowest BCUT2D eigenvalue weighted by Crippen LogP contribution is -2.49. The molecule has 0 spiro atoms. The summed E-state index contributed by atoms with van der Waals surface area (Å²) in [4.78, 5) is 8.07. The SMILES string of the molecule is CC#N.CCCN1CCC[C@@H]2Cc3c(ccc(C)c3O)C[C@H]21.CCCN1CCC[C@@H]2Cc3c(ccc(C)c3OCc3ccccc3)C[C@H]21.CCCN1CCC[C@@H]2Cc3c(ccc(O)c3O)C[C@H]21.Cl.I.[2H]CF. The van der Waals surface area contributed by atoms with Crippen LogP contribution in [0.15, 0.2) is 66.7 Å². The molecule has 0 bridgehead atoms. The Kier molecular flexibility index (Phi) is 24.6. The molecule has 71 heavy (non-hydrogen) atoms. The molecule has 0 unspecified atom stereocenters. The van der Waals surface area contributed by atoms with Crippen LogP contribution in [-0.2, 0) is 45.1 Å². The van der Waals surface area contributed by atoms with Crippen molar-refractivity contribution in [3.05, 3.63) is 117 Å². The summed E-state index contributed by atoms with van der Waals surface area (Å²) in [5.41, 5.74) is 11.4. The summed E-state index contributed by atoms with van der Waals surface area (Å²) in [6.07, 6.45) is 18.1. The molecule has 10 rings (SSSR count). The number of aryl methyl sites for hydroxylation is 2. The summed E-state index contributed by atoms with van der Waals surface area (Å²) in [6, 6.07) is 26.9. The first-order valence-corrected chi connectivity index (χ1v) is 26.5. The van der Waals surface area contributed by atoms with Gasteiger partial charge < -0.3 is 20.1 Å². The molecule has 11 heteroatoms. The lowest BCUT2D eigenvalue weighted by Gasteiger charge is -2.45. The summed E-state index contributed by atoms with van der Waals surface area (Å²) in [5.74, 6) is 4.03. The number of phenolic OH excluding ortho intramolecular Hbond substituents is 3. The Labute approximate surface area is 452 Å². The van der Waals surface area contributed by atoms with Gasteiger partial charge in [-0.2, -0.15) is 5.26 Å². The Bertz CT molecular complexity index is 2210. The molecule has 4 aromatic rings. The number of aromatic hydroxyl groups is 3. The van der Waals surface area contributed by atoms with E-state index >= 15 is 0 Å². The normalized spacial score (nSPS) is 23.0. The van der Waals surface area contributed by atoms with Crippen LogP contribution in [0.5, 0.6) is 23.0 Å². The third-order valence-electron chi connectivity index (χ3n) is 16.0. The van der Waals surface area contributed by atoms with Gasteiger partial charge in [-0.25, -0.2) is 0 Å². The van der Waals surface area contributed by atoms with Crippen LogP contribution < -0.4 is 4.74 Å². The number of ether oxygens (including phenoxy) is 1. The molecule has 3 aliphatic heterocycles. The van der Waals surface area contributed by atoms with E-state index < -0.39 is 7.15 Å². The maximum Gasteiger partial charge on any atom is 0.160 e. The molecule has 0 saturated carbocycles. The lowest BCUT2D eigenvalue weighted by atomic mass is 9.74. The second kappa shape index (κ2) is 29.9. The molecular formula is C60H87ClFIN4O4. The predicted molar refractivity (Wildman–Crippen MR) is 303 cm³/mol. The average molecular weight is 1110 g/mol. The number of alkyl halides is 1. The van der Waals surface area contributed by atoms with E-state index in [4.69, 9.17) is 11.4 Å². The van der Waals surface area contributed by atoms with Gasteiger partial charge in [-0.15, -0.1) is 36.4 Å². The number of nitrogens with zero attached hydrogens (tertiary/aromatic N) is 4. The number of nitriles is 1. The minimum atomic E-state index is -1.00. The Hall–Kier alpha value is -3.60. The minimum absolute atomic E-state index is 0. The molecule has 0 aromatic heterocycles. The topological polar surface area (TPSA) is 103 Å². The van der Waals surface area contributed by atoms with Gasteiger partial charge in [0.2, 0.25) is 0 Å². The van der Waals surface area contributed by atoms with Crippen LogP contribution in [-0.4, -0.2) is 94.6 Å². The highest BCUT2D eigenvalue weighted by atomic mass is 127. The van der Waals surface area contributed by atoms with Gasteiger partial charge in [-0.05, 0) is 218 Å². The Morgan fingerprint density at radius 1 is 0.620 bits per heavy atom. The Balaban J connectivity index is 0.000000222. The van der Waals surface area contributed by atoms with Crippen molar-refractivity contribution in [2.45, 2.75) is 163 Å². The molecule has 0 radical (unpaired) electrons. The highest BCUT2D eigenvalue weighted by molar-refractivity contribution is 14.0. The zero-order valence-corrected chi connectivity index (χ0v) is 47.0. The van der Waals surface area contributed by atoms with Crippen molar-refractivity contribution in [3.63, 3.8) is 0 Å². The highest BCUT2D eigenvalue weighted by Crippen LogP contribution is 2.43. The van der Waals surface area contributed by atoms with Crippen LogP contribution >= 0.6 is 36.4 Å². The maximum atomic E-state index is 10.3. The van der Waals surface area contributed by atoms with Crippen LogP contribution in [0.2, 0.25) is 0 Å². The van der Waals surface area contributed by atoms with Gasteiger partial charge in [-0.3, -0.25) is 19.1 Å². The molecule has 4 aromatic carbocycles. The number of hydrogen-bond acceptors (Lipinski definition) is 8. The molecule has 3 saturated heterocycles. The van der Waals surface area contributed by atoms with Crippen molar-refractivity contribution in [2.24, 2.45) is 17.8 Å². The third-order valence-corrected chi connectivity index (χ3v) is 16.0. The number of benzene rings is 4. The molecule has 6 atom stereocenters. The van der Waals surface area contributed by atoms with Gasteiger partial charge in [0.05, 0.1) is 14.6 Å². The van der Waals surface area contributed by atoms with Crippen LogP contribution in [0.4, 0.5) is 4.39 Å². The zero-order valence-electron chi connectivity index (χ0n) is 44.8. The average Bonchev–Trinajstić information content (AvgIpc) is 3.37. The molecule has 3 heterocycles. The van der Waals surface area contributed by atoms with Gasteiger partial charge >= 0.3 is 0 Å². The Morgan fingerprint density at radius 2 is 1.01 bits per heavy atom. The summed E-state index contributed by atoms with van der Waals surface area (Å²) < 4.78 is 21.9. The van der Waals surface area contributed by atoms with E-state index in [2.05, 4.69) is 97.0 Å². The number of phenols is 3. The highest BCUT2D eigenvalue weighted by Gasteiger charge is 2.39. The van der Waals surface area contributed by atoms with E-state index in [1.807, 2.05) is 13.0 Å². The van der Waals surface area contributed by atoms with E-state index in [0.29, 0.717) is 30.4 Å². The van der Waals surface area contributed by atoms with Gasteiger partial charge in [-0.1, -0.05) is 81.4 Å². The summed E-state index contributed by atoms with van der Waals surface area (Å²) in [7, 11) is -1.00. The standard InChI is InChI=1S/C24H31NO.C17H25NO.C16H23NO2.C2H3N.CH3F.ClH.HI/c1-3-13-25-14-7-10-21-15-22-20(16-23(21)25)12-11-18(2)24(22)26-17-19-8-5-4-6-9-19;1-3-8-18-9-4-5-14-10-15-13(11-16(14)18)7-6-12(2)17(15)19;1-2-7-17-8-3-4-12-9-13-11(10-14(12)17)5-6-15(18)16(13)19;1-2-3;1-2;;/h4-6,8-9,11-12,21,23H,3,7,10,13-17H2,1-2H3;6-7,14,16,19H,3-5,8-11H2,1-2H3;5-6,12,14,18-19H,2-4,7-10H2,1H3;1H3;1H3;2*1H/t21-,23-;14-,16-;12-,14-;;;;/m111..../s1/i;;;;1D;;. The summed E-state index contributed by atoms with van der Waals surface area (Å²) >= 11 is 0. The number of hydrogen-bond donors (Lipinski definition) is 3. The van der Waals surface area contributed by atoms with Crippen LogP contribution in [0.25, 0.3) is 0 Å². The number of rotatable bonds is 9. The van der Waals surface area contributed by atoms with E-state index in [-0.39, 0.29) is 47.9 Å². The molecule has 8 nitrogen and oxygen atoms in total. The van der Waals surface area contributed by atoms with Gasteiger partial charge in [0.25, 0.3) is 0 Å². The first-order valence-electron chi connectivity index (χ1n) is 27.2. The van der Waals surface area contributed by atoms with Gasteiger partial charge in [0, 0.05) is 30.6 Å². The fraction of sp³-hybridized carbons (Fsp3) is 0.583. The van der Waals surface area contributed by atoms with Crippen molar-refractivity contribution >= 4 is 36.4 Å². The third kappa shape index (κ3) is 15.0. The predicted octanol–water partition coefficient (Wildman–Crippen LogP) is 13.3. The fourth-order valence-corrected chi connectivity index (χ4v) is 12.8. The van der Waals surface area contributed by atoms with E-state index in [1.165, 1.54) is 156 Å². The van der Waals surface area contributed by atoms with Crippen LogP contribution in [0, 0.1) is 42.9 Å². The first kappa shape index (κ1) is 58.3. The van der Waals surface area contributed by atoms with Crippen molar-refractivity contribution in [2.75, 3.05) is 46.4 Å². The molecule has 3 N–H and O–H groups in total. The van der Waals surface area contributed by atoms with Crippen LogP contribution in [0.1, 0.15) is 137 Å². The van der Waals surface area contributed by atoms with Crippen molar-refractivity contribution < 1.29 is 25.8 Å². The van der Waals surface area contributed by atoms with E-state index in [0.717, 1.165) is 60.4 Å². The number of halogens is 3. The molecule has 0 amide bonds. The summed E-state index contributed by atoms with van der Waals surface area (Å²) in [6.45, 7) is 20.5. The number of fused-ring (bicyclic) bond motifs is 6. The Morgan fingerprint density at radius 3 is 1.46 bits per heavy atom. The van der Waals surface area contributed by atoms with Crippen LogP contribution in [0.3, 0.4) is 0 Å². The monoisotopic (exact) mass is 1110 g/mol. The molecule has 392 valence electrons. The molecule has 3 aliphatic carbocycles. The second-order valence-electron chi connectivity index (χ2n) is 20.5. The molecule has 6 aliphatic rings. The van der Waals surface area contributed by atoms with Crippen molar-refractivity contribution in [3.8, 4) is 29.1 Å². The molecule has 3 fully saturated rings. The molecular weight excluding hydrogens is 1020 g/mol. The van der Waals surface area contributed by atoms with E-state index in [1.54, 1.807) is 12.1 Å². The number of likely N-dealkylation sites (tertiary alicyclic amines) is 3. The van der Waals surface area contributed by atoms with Gasteiger partial charge in [0.1, 0.15) is 18.1 Å². The van der Waals surface area contributed by atoms with Crippen molar-refractivity contribution in [1.82, 2.24) is 14.7 Å². The number of piperidine rings is 3. The fourth-order valence-electron chi connectivity index (χ4n) is 12.8. The zero-order chi connectivity index (χ0) is 50.2. The van der Waals surface area contributed by atoms with E-state index in [9.17, 15) is 19.7 Å². The first-order chi connectivity index (χ1) is 34.0.